The zero-order chi connectivity index (χ0) is 13.1. The van der Waals surface area contributed by atoms with Crippen molar-refractivity contribution in [2.45, 2.75) is 12.2 Å². The maximum atomic E-state index is 12.8. The molecule has 1 unspecified atom stereocenters. The quantitative estimate of drug-likeness (QED) is 0.648. The minimum atomic E-state index is -5.00. The van der Waals surface area contributed by atoms with Crippen LogP contribution in [0.15, 0.2) is 30.3 Å². The van der Waals surface area contributed by atoms with E-state index in [-0.39, 0.29) is 5.56 Å². The topological polar surface area (TPSA) is 29.1 Å². The van der Waals surface area contributed by atoms with E-state index in [9.17, 15) is 26.7 Å². The first kappa shape index (κ1) is 13.4. The number of amides is 1. The molecule has 1 N–H and O–H groups in total. The zero-order valence-corrected chi connectivity index (χ0v) is 8.26. The van der Waals surface area contributed by atoms with Crippen LogP contribution in [-0.4, -0.2) is 18.1 Å². The molecule has 0 spiro atoms. The van der Waals surface area contributed by atoms with E-state index in [0.717, 1.165) is 5.32 Å². The molecule has 2 nitrogen and oxygen atoms in total. The molecule has 7 heteroatoms. The molecule has 0 aliphatic rings. The molecular weight excluding hydrogens is 245 g/mol. The number of alkyl halides is 3. The lowest BCUT2D eigenvalue weighted by Crippen LogP contribution is -2.46. The van der Waals surface area contributed by atoms with Crippen molar-refractivity contribution in [3.05, 3.63) is 42.3 Å². The summed E-state index contributed by atoms with van der Waals surface area (Å²) in [5.74, 6) is -6.19. The van der Waals surface area contributed by atoms with Crippen molar-refractivity contribution >= 4 is 5.91 Å². The van der Waals surface area contributed by atoms with E-state index < -0.39 is 24.6 Å². The molecule has 1 amide bonds. The van der Waals surface area contributed by atoms with Gasteiger partial charge in [0.2, 0.25) is 6.30 Å². The lowest BCUT2D eigenvalue weighted by molar-refractivity contribution is -0.120. The van der Waals surface area contributed by atoms with E-state index in [4.69, 9.17) is 0 Å². The number of halogens is 5. The molecule has 0 bridgehead atoms. The van der Waals surface area contributed by atoms with Gasteiger partial charge in [0, 0.05) is 5.56 Å². The first-order valence-electron chi connectivity index (χ1n) is 4.42. The number of hydrogen-bond acceptors (Lipinski definition) is 1. The normalized spacial score (nSPS) is 13.5. The average molecular weight is 252 g/mol. The maximum absolute atomic E-state index is 12.8. The molecule has 0 fully saturated rings. The lowest BCUT2D eigenvalue weighted by atomic mass is 10.2. The van der Waals surface area contributed by atoms with E-state index >= 15 is 0 Å². The molecule has 0 aliphatic heterocycles. The highest BCUT2D eigenvalue weighted by Gasteiger charge is 2.52. The van der Waals surface area contributed by atoms with Crippen molar-refractivity contribution in [1.29, 1.82) is 0 Å². The number of carbonyl (C=O) groups excluding carboxylic acids is 1. The van der Waals surface area contributed by atoms with E-state index in [0.29, 0.717) is 0 Å². The van der Waals surface area contributed by atoms with E-state index in [2.05, 4.69) is 0 Å². The molecule has 1 atom stereocenters. The van der Waals surface area contributed by atoms with Crippen molar-refractivity contribution in [2.75, 3.05) is 0 Å². The summed E-state index contributed by atoms with van der Waals surface area (Å²) >= 11 is 0. The second-order valence-corrected chi connectivity index (χ2v) is 3.09. The molecule has 0 aliphatic carbocycles. The van der Waals surface area contributed by atoms with Gasteiger partial charge >= 0.3 is 12.3 Å². The van der Waals surface area contributed by atoms with Crippen molar-refractivity contribution in [1.82, 2.24) is 5.32 Å². The number of hydrogen-bond donors (Lipinski definition) is 1. The summed E-state index contributed by atoms with van der Waals surface area (Å²) in [6.45, 7) is 0. The van der Waals surface area contributed by atoms with Crippen LogP contribution in [-0.2, 0) is 0 Å². The Morgan fingerprint density at radius 1 is 1.18 bits per heavy atom. The minimum Gasteiger partial charge on any atom is -0.317 e. The summed E-state index contributed by atoms with van der Waals surface area (Å²) in [6, 6.07) is 6.85. The highest BCUT2D eigenvalue weighted by molar-refractivity contribution is 5.94. The standard InChI is InChI=1S/C10H7F5NO/c11-8(12)10(14,15)9(13)16-7(17)6-4-2-1-3-5-6/h1-5,9H,(H,16,17). The number of rotatable bonds is 4. The van der Waals surface area contributed by atoms with Gasteiger partial charge in [-0.1, -0.05) is 18.2 Å². The van der Waals surface area contributed by atoms with Crippen molar-refractivity contribution in [3.8, 4) is 0 Å². The summed E-state index contributed by atoms with van der Waals surface area (Å²) < 4.78 is 61.0. The molecule has 1 rings (SSSR count). The van der Waals surface area contributed by atoms with Crippen LogP contribution < -0.4 is 5.32 Å². The van der Waals surface area contributed by atoms with E-state index in [1.165, 1.54) is 24.3 Å². The Kier molecular flexibility index (Phi) is 4.03. The van der Waals surface area contributed by atoms with Crippen LogP contribution in [0.25, 0.3) is 0 Å². The van der Waals surface area contributed by atoms with Crippen LogP contribution in [0.2, 0.25) is 0 Å². The van der Waals surface area contributed by atoms with Gasteiger partial charge in [-0.2, -0.15) is 17.6 Å². The Morgan fingerprint density at radius 3 is 2.18 bits per heavy atom. The van der Waals surface area contributed by atoms with Crippen LogP contribution in [0.1, 0.15) is 10.4 Å². The highest BCUT2D eigenvalue weighted by atomic mass is 19.3. The Balaban J connectivity index is 2.70. The van der Waals surface area contributed by atoms with E-state index in [1.54, 1.807) is 6.07 Å². The van der Waals surface area contributed by atoms with Gasteiger partial charge in [-0.3, -0.25) is 4.79 Å². The SMILES string of the molecule is O=C(NC(F)C(F)(F)[C](F)F)c1ccccc1. The monoisotopic (exact) mass is 252 g/mol. The van der Waals surface area contributed by atoms with Crippen molar-refractivity contribution in [2.24, 2.45) is 0 Å². The second kappa shape index (κ2) is 5.11. The Bertz CT molecular complexity index is 382. The summed E-state index contributed by atoms with van der Waals surface area (Å²) in [4.78, 5) is 11.2. The van der Waals surface area contributed by atoms with Gasteiger partial charge in [-0.05, 0) is 12.1 Å². The number of nitrogens with one attached hydrogen (secondary N) is 1. The van der Waals surface area contributed by atoms with Crippen LogP contribution >= 0.6 is 0 Å². The van der Waals surface area contributed by atoms with Gasteiger partial charge in [-0.15, -0.1) is 0 Å². The largest absolute Gasteiger partial charge is 0.383 e. The third-order valence-corrected chi connectivity index (χ3v) is 1.86. The third-order valence-electron chi connectivity index (χ3n) is 1.86. The second-order valence-electron chi connectivity index (χ2n) is 3.09. The third kappa shape index (κ3) is 3.15. The molecule has 1 radical (unpaired) electrons. The molecular formula is C10H7F5NO. The Morgan fingerprint density at radius 2 is 1.71 bits per heavy atom. The first-order chi connectivity index (χ1) is 7.85. The number of carbonyl (C=O) groups is 1. The number of benzene rings is 1. The fourth-order valence-corrected chi connectivity index (χ4v) is 0.974. The molecule has 17 heavy (non-hydrogen) atoms. The van der Waals surface area contributed by atoms with Crippen LogP contribution in [0.4, 0.5) is 22.0 Å². The Labute approximate surface area is 93.4 Å². The molecule has 1 aromatic carbocycles. The fourth-order valence-electron chi connectivity index (χ4n) is 0.974. The van der Waals surface area contributed by atoms with Gasteiger partial charge in [0.1, 0.15) is 0 Å². The molecule has 0 saturated heterocycles. The predicted octanol–water partition coefficient (Wildman–Crippen LogP) is 2.78. The smallest absolute Gasteiger partial charge is 0.317 e. The summed E-state index contributed by atoms with van der Waals surface area (Å²) in [5, 5.41) is 1.16. The highest BCUT2D eigenvalue weighted by Crippen LogP contribution is 2.33. The maximum Gasteiger partial charge on any atom is 0.383 e. The molecule has 0 heterocycles. The zero-order valence-electron chi connectivity index (χ0n) is 8.26. The summed E-state index contributed by atoms with van der Waals surface area (Å²) in [5.41, 5.74) is -0.106. The van der Waals surface area contributed by atoms with Crippen LogP contribution in [0.3, 0.4) is 0 Å². The van der Waals surface area contributed by atoms with Gasteiger partial charge in [-0.25, -0.2) is 4.39 Å². The first-order valence-corrected chi connectivity index (χ1v) is 4.42. The van der Waals surface area contributed by atoms with Gasteiger partial charge in [0.25, 0.3) is 5.91 Å². The molecule has 93 valence electrons. The van der Waals surface area contributed by atoms with Gasteiger partial charge in [0.15, 0.2) is 0 Å². The lowest BCUT2D eigenvalue weighted by Gasteiger charge is -2.19. The predicted molar refractivity (Wildman–Crippen MR) is 49.2 cm³/mol. The minimum absolute atomic E-state index is 0.106. The van der Waals surface area contributed by atoms with Gasteiger partial charge in [0.05, 0.1) is 0 Å². The fraction of sp³-hybridized carbons (Fsp3) is 0.200. The van der Waals surface area contributed by atoms with Gasteiger partial charge < -0.3 is 5.32 Å². The summed E-state index contributed by atoms with van der Waals surface area (Å²) in [7, 11) is 0. The summed E-state index contributed by atoms with van der Waals surface area (Å²) in [6.07, 6.45) is -6.86. The van der Waals surface area contributed by atoms with Crippen LogP contribution in [0.5, 0.6) is 0 Å². The molecule has 0 saturated carbocycles. The van der Waals surface area contributed by atoms with E-state index in [1.807, 2.05) is 0 Å². The molecule has 1 aromatic rings. The van der Waals surface area contributed by atoms with Crippen molar-refractivity contribution < 1.29 is 26.7 Å². The average Bonchev–Trinajstić information content (AvgIpc) is 2.29. The Hall–Kier alpha value is -1.66. The van der Waals surface area contributed by atoms with Crippen molar-refractivity contribution in [3.63, 3.8) is 0 Å². The van der Waals surface area contributed by atoms with Crippen LogP contribution in [0, 0.1) is 6.43 Å². The molecule has 0 aromatic heterocycles.